The lowest BCUT2D eigenvalue weighted by Crippen LogP contribution is -2.40. The van der Waals surface area contributed by atoms with Crippen molar-refractivity contribution in [2.45, 2.75) is 25.5 Å². The molecule has 0 bridgehead atoms. The van der Waals surface area contributed by atoms with E-state index in [0.717, 1.165) is 16.9 Å². The van der Waals surface area contributed by atoms with Gasteiger partial charge in [0.1, 0.15) is 5.75 Å². The highest BCUT2D eigenvalue weighted by atomic mass is 16.5. The first-order valence-electron chi connectivity index (χ1n) is 10.0. The van der Waals surface area contributed by atoms with Crippen LogP contribution in [0.3, 0.4) is 0 Å². The Morgan fingerprint density at radius 1 is 1.00 bits per heavy atom. The van der Waals surface area contributed by atoms with Gasteiger partial charge in [-0.2, -0.15) is 0 Å². The molecule has 0 spiro atoms. The third-order valence-electron chi connectivity index (χ3n) is 5.51. The van der Waals surface area contributed by atoms with Crippen molar-refractivity contribution in [2.24, 2.45) is 0 Å². The van der Waals surface area contributed by atoms with Crippen LogP contribution < -0.4 is 10.1 Å². The minimum absolute atomic E-state index is 0.0579. The van der Waals surface area contributed by atoms with E-state index in [0.29, 0.717) is 17.7 Å². The lowest BCUT2D eigenvalue weighted by molar-refractivity contribution is -0.138. The van der Waals surface area contributed by atoms with Gasteiger partial charge in [0, 0.05) is 24.7 Å². The van der Waals surface area contributed by atoms with Crippen molar-refractivity contribution in [2.75, 3.05) is 12.4 Å². The first-order valence-corrected chi connectivity index (χ1v) is 10.0. The van der Waals surface area contributed by atoms with Crippen LogP contribution in [0.25, 0.3) is 0 Å². The van der Waals surface area contributed by atoms with Crippen molar-refractivity contribution < 1.29 is 14.3 Å². The Kier molecular flexibility index (Phi) is 5.53. The summed E-state index contributed by atoms with van der Waals surface area (Å²) in [5.74, 6) is 0.557. The molecule has 5 heteroatoms. The van der Waals surface area contributed by atoms with Crippen molar-refractivity contribution in [3.8, 4) is 5.75 Å². The maximum absolute atomic E-state index is 13.0. The van der Waals surface area contributed by atoms with Gasteiger partial charge in [0.05, 0.1) is 6.04 Å². The molecule has 5 nitrogen and oxygen atoms in total. The van der Waals surface area contributed by atoms with Gasteiger partial charge < -0.3 is 15.0 Å². The standard InChI is InChI=1S/C25H24N2O3/c1-17(27(2)25(29)23-16-20-11-6-7-14-22(20)30-23)19-12-8-13-21(15-19)26-24(28)18-9-4-3-5-10-18/h3-15,17,23H,16H2,1-2H3,(H,26,28)/t17-,23-/m0/s1. The van der Waals surface area contributed by atoms with Crippen LogP contribution in [0.5, 0.6) is 5.75 Å². The van der Waals surface area contributed by atoms with E-state index in [1.54, 1.807) is 24.1 Å². The Labute approximate surface area is 176 Å². The van der Waals surface area contributed by atoms with Gasteiger partial charge in [-0.3, -0.25) is 9.59 Å². The molecular weight excluding hydrogens is 376 g/mol. The average molecular weight is 400 g/mol. The number of carbonyl (C=O) groups is 2. The molecule has 0 saturated heterocycles. The summed E-state index contributed by atoms with van der Waals surface area (Å²) in [6, 6.07) is 24.2. The second-order valence-electron chi connectivity index (χ2n) is 7.49. The number of nitrogens with one attached hydrogen (secondary N) is 1. The molecule has 0 aliphatic carbocycles. The van der Waals surface area contributed by atoms with E-state index in [2.05, 4.69) is 5.32 Å². The van der Waals surface area contributed by atoms with Crippen LogP contribution in [0.1, 0.15) is 34.5 Å². The van der Waals surface area contributed by atoms with Gasteiger partial charge in [-0.1, -0.05) is 48.5 Å². The number of hydrogen-bond donors (Lipinski definition) is 1. The van der Waals surface area contributed by atoms with Crippen LogP contribution >= 0.6 is 0 Å². The Balaban J connectivity index is 1.44. The molecule has 0 fully saturated rings. The molecular formula is C25H24N2O3. The first-order chi connectivity index (χ1) is 14.5. The molecule has 30 heavy (non-hydrogen) atoms. The fraction of sp³-hybridized carbons (Fsp3) is 0.200. The summed E-state index contributed by atoms with van der Waals surface area (Å²) >= 11 is 0. The Morgan fingerprint density at radius 3 is 2.50 bits per heavy atom. The van der Waals surface area contributed by atoms with Crippen molar-refractivity contribution in [1.82, 2.24) is 4.90 Å². The molecule has 1 heterocycles. The lowest BCUT2D eigenvalue weighted by Gasteiger charge is -2.28. The van der Waals surface area contributed by atoms with E-state index in [9.17, 15) is 9.59 Å². The number of rotatable bonds is 5. The van der Waals surface area contributed by atoms with Crippen molar-refractivity contribution in [3.05, 3.63) is 95.6 Å². The number of ether oxygens (including phenoxy) is 1. The maximum Gasteiger partial charge on any atom is 0.264 e. The molecule has 3 aromatic carbocycles. The topological polar surface area (TPSA) is 58.6 Å². The van der Waals surface area contributed by atoms with Gasteiger partial charge in [-0.05, 0) is 48.4 Å². The number of para-hydroxylation sites is 1. The highest BCUT2D eigenvalue weighted by Crippen LogP contribution is 2.30. The molecule has 152 valence electrons. The molecule has 0 aromatic heterocycles. The zero-order valence-corrected chi connectivity index (χ0v) is 17.0. The second kappa shape index (κ2) is 8.41. The predicted molar refractivity (Wildman–Crippen MR) is 117 cm³/mol. The number of anilines is 1. The normalized spacial score (nSPS) is 15.6. The minimum atomic E-state index is -0.504. The highest BCUT2D eigenvalue weighted by Gasteiger charge is 2.32. The maximum atomic E-state index is 13.0. The zero-order chi connectivity index (χ0) is 21.1. The van der Waals surface area contributed by atoms with Gasteiger partial charge in [-0.25, -0.2) is 0 Å². The average Bonchev–Trinajstić information content (AvgIpc) is 3.22. The monoisotopic (exact) mass is 400 g/mol. The third kappa shape index (κ3) is 4.06. The fourth-order valence-corrected chi connectivity index (χ4v) is 3.63. The van der Waals surface area contributed by atoms with Gasteiger partial charge in [0.15, 0.2) is 6.10 Å². The summed E-state index contributed by atoms with van der Waals surface area (Å²) in [5, 5.41) is 2.92. The molecule has 2 amide bonds. The molecule has 1 aliphatic heterocycles. The number of nitrogens with zero attached hydrogens (tertiary/aromatic N) is 1. The highest BCUT2D eigenvalue weighted by molar-refractivity contribution is 6.04. The van der Waals surface area contributed by atoms with Gasteiger partial charge >= 0.3 is 0 Å². The molecule has 1 N–H and O–H groups in total. The third-order valence-corrected chi connectivity index (χ3v) is 5.51. The van der Waals surface area contributed by atoms with Crippen molar-refractivity contribution in [3.63, 3.8) is 0 Å². The number of benzene rings is 3. The number of likely N-dealkylation sites (N-methyl/N-ethyl adjacent to an activating group) is 1. The SMILES string of the molecule is C[C@@H](c1cccc(NC(=O)c2ccccc2)c1)N(C)C(=O)[C@@H]1Cc2ccccc2O1. The molecule has 1 aliphatic rings. The summed E-state index contributed by atoms with van der Waals surface area (Å²) in [7, 11) is 1.79. The lowest BCUT2D eigenvalue weighted by atomic mass is 10.0. The quantitative estimate of drug-likeness (QED) is 0.688. The van der Waals surface area contributed by atoms with E-state index in [-0.39, 0.29) is 17.9 Å². The molecule has 0 saturated carbocycles. The summed E-state index contributed by atoms with van der Waals surface area (Å²) in [5.41, 5.74) is 3.29. The Morgan fingerprint density at radius 2 is 1.73 bits per heavy atom. The van der Waals surface area contributed by atoms with Crippen molar-refractivity contribution in [1.29, 1.82) is 0 Å². The van der Waals surface area contributed by atoms with E-state index in [4.69, 9.17) is 4.74 Å². The zero-order valence-electron chi connectivity index (χ0n) is 17.0. The second-order valence-corrected chi connectivity index (χ2v) is 7.49. The number of fused-ring (bicyclic) bond motifs is 1. The summed E-state index contributed by atoms with van der Waals surface area (Å²) in [6.07, 6.45) is 0.0787. The van der Waals surface area contributed by atoms with Crippen LogP contribution in [0.2, 0.25) is 0 Å². The van der Waals surface area contributed by atoms with Crippen LogP contribution in [-0.2, 0) is 11.2 Å². The molecule has 0 unspecified atom stereocenters. The van der Waals surface area contributed by atoms with Crippen LogP contribution in [0.15, 0.2) is 78.9 Å². The number of carbonyl (C=O) groups excluding carboxylic acids is 2. The number of hydrogen-bond acceptors (Lipinski definition) is 3. The fourth-order valence-electron chi connectivity index (χ4n) is 3.63. The predicted octanol–water partition coefficient (Wildman–Crippen LogP) is 4.46. The first kappa shape index (κ1) is 19.7. The largest absolute Gasteiger partial charge is 0.480 e. The van der Waals surface area contributed by atoms with Crippen LogP contribution in [0, 0.1) is 0 Å². The smallest absolute Gasteiger partial charge is 0.264 e. The van der Waals surface area contributed by atoms with Crippen LogP contribution in [0.4, 0.5) is 5.69 Å². The van der Waals surface area contributed by atoms with E-state index in [1.165, 1.54) is 0 Å². The molecule has 0 radical (unpaired) electrons. The molecule has 2 atom stereocenters. The summed E-state index contributed by atoms with van der Waals surface area (Å²) in [6.45, 7) is 1.97. The Hall–Kier alpha value is -3.60. The Bertz CT molecular complexity index is 1040. The molecule has 3 aromatic rings. The van der Waals surface area contributed by atoms with E-state index < -0.39 is 6.10 Å². The van der Waals surface area contributed by atoms with Crippen molar-refractivity contribution >= 4 is 17.5 Å². The van der Waals surface area contributed by atoms with Gasteiger partial charge in [-0.15, -0.1) is 0 Å². The van der Waals surface area contributed by atoms with Gasteiger partial charge in [0.2, 0.25) is 0 Å². The number of amides is 2. The molecule has 4 rings (SSSR count). The minimum Gasteiger partial charge on any atom is -0.480 e. The van der Waals surface area contributed by atoms with E-state index in [1.807, 2.05) is 73.7 Å². The van der Waals surface area contributed by atoms with Crippen LogP contribution in [-0.4, -0.2) is 29.9 Å². The summed E-state index contributed by atoms with van der Waals surface area (Å²) in [4.78, 5) is 27.1. The van der Waals surface area contributed by atoms with Gasteiger partial charge in [0.25, 0.3) is 11.8 Å². The summed E-state index contributed by atoms with van der Waals surface area (Å²) < 4.78 is 5.85. The van der Waals surface area contributed by atoms with E-state index >= 15 is 0 Å².